The number of aromatic hydroxyl groups is 1. The van der Waals surface area contributed by atoms with Crippen LogP contribution >= 0.6 is 0 Å². The van der Waals surface area contributed by atoms with Gasteiger partial charge in [-0.2, -0.15) is 0 Å². The highest BCUT2D eigenvalue weighted by Gasteiger charge is 1.84. The van der Waals surface area contributed by atoms with E-state index in [1.54, 1.807) is 18.2 Å². The van der Waals surface area contributed by atoms with Crippen LogP contribution < -0.4 is 0 Å². The third-order valence-corrected chi connectivity index (χ3v) is 1.98. The molecule has 2 rings (SSSR count). The average molecular weight is 250 g/mol. The molecule has 2 aromatic carbocycles. The summed E-state index contributed by atoms with van der Waals surface area (Å²) >= 11 is 0. The molecule has 18 heavy (non-hydrogen) atoms. The highest BCUT2D eigenvalue weighted by Crippen LogP contribution is 2.08. The van der Waals surface area contributed by atoms with Gasteiger partial charge in [0, 0.05) is 0 Å². The summed E-state index contributed by atoms with van der Waals surface area (Å²) < 4.78 is 12.2. The van der Waals surface area contributed by atoms with E-state index < -0.39 is 0 Å². The third-order valence-electron chi connectivity index (χ3n) is 1.98. The predicted octanol–water partition coefficient (Wildman–Crippen LogP) is 5.11. The second-order valence-electron chi connectivity index (χ2n) is 3.64. The number of phenolic OH excluding ortho intramolecular Hbond substituents is 1. The highest BCUT2D eigenvalue weighted by atomic mass is 19.1. The van der Waals surface area contributed by atoms with Gasteiger partial charge in [-0.25, -0.2) is 4.39 Å². The molecular weight excluding hydrogens is 227 g/mol. The van der Waals surface area contributed by atoms with E-state index >= 15 is 0 Å². The number of hydrogen-bond acceptors (Lipinski definition) is 1. The number of hydrogen-bond donors (Lipinski definition) is 1. The Morgan fingerprint density at radius 2 is 1.33 bits per heavy atom. The summed E-state index contributed by atoms with van der Waals surface area (Å²) in [5, 5.41) is 8.81. The molecule has 1 N–H and O–H groups in total. The van der Waals surface area contributed by atoms with Gasteiger partial charge in [0.15, 0.2) is 0 Å². The van der Waals surface area contributed by atoms with Gasteiger partial charge in [0.2, 0.25) is 0 Å². The summed E-state index contributed by atoms with van der Waals surface area (Å²) in [5.41, 5.74) is 2.05. The zero-order valence-electron chi connectivity index (χ0n) is 9.44. The van der Waals surface area contributed by atoms with Crippen molar-refractivity contribution in [2.75, 3.05) is 0 Å². The van der Waals surface area contributed by atoms with Crippen LogP contribution in [0, 0.1) is 19.7 Å². The molecule has 0 radical (unpaired) electrons. The molecule has 0 aliphatic heterocycles. The molecule has 0 atom stereocenters. The highest BCUT2D eigenvalue weighted by molar-refractivity contribution is 5.25. The Morgan fingerprint density at radius 3 is 1.61 bits per heavy atom. The van der Waals surface area contributed by atoms with E-state index in [0.29, 0.717) is 5.75 Å². The fraction of sp³-hybridized carbons (Fsp3) is 0.250. The van der Waals surface area contributed by atoms with E-state index in [2.05, 4.69) is 0 Å². The maximum absolute atomic E-state index is 12.2. The number of rotatable bonds is 0. The molecule has 0 aromatic heterocycles. The first-order valence-electron chi connectivity index (χ1n) is 5.06. The van der Waals surface area contributed by atoms with Gasteiger partial charge < -0.3 is 5.11 Å². The minimum absolute atomic E-state index is 0. The lowest BCUT2D eigenvalue weighted by Gasteiger charge is -1.89. The number of phenols is 1. The van der Waals surface area contributed by atoms with Crippen LogP contribution in [0.25, 0.3) is 0 Å². The monoisotopic (exact) mass is 250 g/mol. The number of halogens is 1. The Balaban J connectivity index is 0. The minimum Gasteiger partial charge on any atom is -0.508 e. The van der Waals surface area contributed by atoms with Gasteiger partial charge >= 0.3 is 0 Å². The molecule has 0 unspecified atom stereocenters. The molecule has 2 aromatic rings. The summed E-state index contributed by atoms with van der Waals surface area (Å²) in [6.07, 6.45) is 0. The summed E-state index contributed by atoms with van der Waals surface area (Å²) in [5.74, 6) is 0.176. The van der Waals surface area contributed by atoms with Gasteiger partial charge in [0.05, 0.1) is 0 Å². The topological polar surface area (TPSA) is 20.2 Å². The van der Waals surface area contributed by atoms with Crippen LogP contribution in [0.2, 0.25) is 0 Å². The molecule has 0 saturated carbocycles. The second-order valence-corrected chi connectivity index (χ2v) is 3.64. The van der Waals surface area contributed by atoms with Crippen molar-refractivity contribution in [1.29, 1.82) is 0 Å². The molecule has 0 bridgehead atoms. The van der Waals surface area contributed by atoms with Gasteiger partial charge in [-0.05, 0) is 49.2 Å². The maximum Gasteiger partial charge on any atom is 0.123 e. The van der Waals surface area contributed by atoms with Crippen LogP contribution in [0.5, 0.6) is 5.75 Å². The number of aryl methyl sites for hydroxylation is 2. The Kier molecular flexibility index (Phi) is 9.50. The van der Waals surface area contributed by atoms with E-state index in [0.717, 1.165) is 11.1 Å². The minimum atomic E-state index is -0.162. The summed E-state index contributed by atoms with van der Waals surface area (Å²) in [7, 11) is 0. The van der Waals surface area contributed by atoms with E-state index in [9.17, 15) is 4.39 Å². The van der Waals surface area contributed by atoms with Crippen molar-refractivity contribution in [3.8, 4) is 5.75 Å². The fourth-order valence-electron chi connectivity index (χ4n) is 1.23. The summed E-state index contributed by atoms with van der Waals surface area (Å²) in [6, 6.07) is 13.7. The maximum atomic E-state index is 12.2. The first-order chi connectivity index (χ1) is 7.58. The van der Waals surface area contributed by atoms with Crippen molar-refractivity contribution < 1.29 is 9.50 Å². The predicted molar refractivity (Wildman–Crippen MR) is 77.4 cm³/mol. The van der Waals surface area contributed by atoms with Crippen molar-refractivity contribution in [3.63, 3.8) is 0 Å². The largest absolute Gasteiger partial charge is 0.508 e. The van der Waals surface area contributed by atoms with Crippen molar-refractivity contribution in [3.05, 3.63) is 65.5 Å². The molecule has 0 fully saturated rings. The van der Waals surface area contributed by atoms with Gasteiger partial charge in [-0.15, -0.1) is 0 Å². The first kappa shape index (κ1) is 18.5. The van der Waals surface area contributed by atoms with Gasteiger partial charge in [0.1, 0.15) is 11.6 Å². The Bertz CT molecular complexity index is 374. The third kappa shape index (κ3) is 7.44. The number of benzene rings is 2. The molecule has 100 valence electrons. The van der Waals surface area contributed by atoms with Crippen molar-refractivity contribution in [1.82, 2.24) is 0 Å². The average Bonchev–Trinajstić information content (AvgIpc) is 2.17. The smallest absolute Gasteiger partial charge is 0.123 e. The summed E-state index contributed by atoms with van der Waals surface area (Å²) in [6.45, 7) is 3.81. The van der Waals surface area contributed by atoms with Crippen LogP contribution in [0.3, 0.4) is 0 Å². The van der Waals surface area contributed by atoms with E-state index in [4.69, 9.17) is 5.11 Å². The van der Waals surface area contributed by atoms with Crippen LogP contribution in [0.1, 0.15) is 26.0 Å². The second kappa shape index (κ2) is 9.23. The normalized spacial score (nSPS) is 8.17. The zero-order chi connectivity index (χ0) is 12.0. The van der Waals surface area contributed by atoms with Crippen molar-refractivity contribution >= 4 is 0 Å². The SMILES string of the molecule is C.C.Cc1cccc(F)c1.Cc1cccc(O)c1. The molecule has 2 heteroatoms. The van der Waals surface area contributed by atoms with Gasteiger partial charge in [-0.1, -0.05) is 39.1 Å². The lowest BCUT2D eigenvalue weighted by Crippen LogP contribution is -1.72. The van der Waals surface area contributed by atoms with E-state index in [-0.39, 0.29) is 20.7 Å². The Hall–Kier alpha value is -1.83. The van der Waals surface area contributed by atoms with Crippen molar-refractivity contribution in [2.45, 2.75) is 28.7 Å². The molecule has 0 heterocycles. The molecule has 0 spiro atoms. The lowest BCUT2D eigenvalue weighted by molar-refractivity contribution is 0.475. The first-order valence-corrected chi connectivity index (χ1v) is 5.06. The molecular formula is C16H23FO. The molecule has 0 saturated heterocycles. The van der Waals surface area contributed by atoms with Crippen LogP contribution in [0.15, 0.2) is 48.5 Å². The van der Waals surface area contributed by atoms with Crippen molar-refractivity contribution in [2.24, 2.45) is 0 Å². The van der Waals surface area contributed by atoms with E-state index in [1.165, 1.54) is 12.1 Å². The molecule has 1 nitrogen and oxygen atoms in total. The Morgan fingerprint density at radius 1 is 0.833 bits per heavy atom. The fourth-order valence-corrected chi connectivity index (χ4v) is 1.23. The van der Waals surface area contributed by atoms with Crippen LogP contribution in [-0.4, -0.2) is 5.11 Å². The zero-order valence-corrected chi connectivity index (χ0v) is 9.44. The van der Waals surface area contributed by atoms with Crippen LogP contribution in [-0.2, 0) is 0 Å². The van der Waals surface area contributed by atoms with Gasteiger partial charge in [-0.3, -0.25) is 0 Å². The van der Waals surface area contributed by atoms with Crippen LogP contribution in [0.4, 0.5) is 4.39 Å². The molecule has 0 aliphatic carbocycles. The standard InChI is InChI=1S/C7H7F.C7H8O.2CH4/c2*1-6-3-2-4-7(8)5-6;;/h2-5H,1H3;2-5,8H,1H3;2*1H4. The Labute approximate surface area is 110 Å². The van der Waals surface area contributed by atoms with Gasteiger partial charge in [0.25, 0.3) is 0 Å². The quantitative estimate of drug-likeness (QED) is 0.689. The lowest BCUT2D eigenvalue weighted by atomic mass is 10.2. The summed E-state index contributed by atoms with van der Waals surface area (Å²) in [4.78, 5) is 0. The molecule has 0 aliphatic rings. The van der Waals surface area contributed by atoms with E-state index in [1.807, 2.05) is 32.0 Å². The molecule has 0 amide bonds.